The molecule has 35 nitrogen and oxygen atoms in total. The van der Waals surface area contributed by atoms with Crippen molar-refractivity contribution in [3.63, 3.8) is 0 Å². The number of aliphatic imine (C=N–C) groups is 4. The summed E-state index contributed by atoms with van der Waals surface area (Å²) >= 11 is -1.28. The number of carbonyl (C=O) groups is 10. The standard InChI is InChI=1S/C77H113N19O16S3/c1-9-85-62(76(5,6)54-42-52(114(107)108)30-25-47(54)2)22-12-10-13-23-63-77(7,8)55-43-53(115(109,110)111)31-32-60(55)95(63)38-15-11-14-24-64(98)86-36-39-96-66(100)44-61(72(96)106)113-46-59(69(103)87-37-40-112-45-65(99)91-58(67(78)101)41-50-26-28-51(29-27-50)49(4)97)94-71(105)57(21-18-35-90-75(83)84)93-70(104)56(20-17-34-89-74(81)82)92-68(102)48(3)19-16-33-88-73(79)80/h10,12-13,22-23,25-32,42-43,48,56-59,61H,9,11,14-21,24,33-41,44-46H2,1-8H3,(H2,78,101)(H,86,98)(H,87,103)(H,91,99)(H,92,102)(H,93,104)(H,94,105)(H,107,108)(H4,79,80,88)(H4,81,82,89)(H4,83,84,90)(H,109,110,111)/b13-10+,22-12+,63-23+,85-62?/t48-,56-,57-,58+,59-,61?/m1/s1. The Morgan fingerprint density at radius 3 is 1.90 bits per heavy atom. The number of likely N-dealkylation sites (tertiary alicyclic amines) is 1. The molecular weight excluding hydrogens is 1540 g/mol. The molecule has 3 aromatic rings. The Bertz CT molecular complexity index is 4310. The summed E-state index contributed by atoms with van der Waals surface area (Å²) in [5.74, 6) is -7.74. The molecule has 9 amide bonds. The summed E-state index contributed by atoms with van der Waals surface area (Å²) in [5, 5.41) is 15.0. The number of guanidine groups is 3. The number of ketones is 1. The summed E-state index contributed by atoms with van der Waals surface area (Å²) in [7, 11) is -4.54. The van der Waals surface area contributed by atoms with E-state index in [2.05, 4.69) is 51.8 Å². The lowest BCUT2D eigenvalue weighted by molar-refractivity contribution is -0.138. The number of hydrogen-bond donors (Lipinski definition) is 15. The third-order valence-electron chi connectivity index (χ3n) is 19.1. The van der Waals surface area contributed by atoms with Crippen LogP contribution in [0, 0.1) is 12.8 Å². The molecular formula is C77H113N19O16S3. The first-order valence-electron chi connectivity index (χ1n) is 37.8. The van der Waals surface area contributed by atoms with Crippen LogP contribution in [0.2, 0.25) is 0 Å². The Morgan fingerprint density at radius 1 is 0.704 bits per heavy atom. The number of imide groups is 1. The number of allylic oxidation sites excluding steroid dienone is 6. The molecule has 0 spiro atoms. The SMILES string of the molecule is CCN=C(/C=C/C=C/C=C1/N(CCCCCC(=O)NCCN2C(=O)CC(SC[C@@H](NC(=O)[C@@H](CCCN=C(N)N)NC(=O)[C@@H](CCCN=C(N)N)NC(=O)[C@H](C)CCCN=C(N)N)C(=O)NCCOCC(=O)N[C@@H](Cc3ccc(C(C)=O)cc3)C(N)=O)C2=O)c2ccc(S(=O)(=O)O)cc2C1(C)C)C(C)(C)c1cc(S(=O)O)ccc1C. The van der Waals surface area contributed by atoms with Crippen LogP contribution in [0.15, 0.2) is 127 Å². The first-order chi connectivity index (χ1) is 54.3. The molecule has 0 radical (unpaired) electrons. The molecule has 2 unspecified atom stereocenters. The Kier molecular flexibility index (Phi) is 38.3. The predicted molar refractivity (Wildman–Crippen MR) is 443 cm³/mol. The van der Waals surface area contributed by atoms with Crippen LogP contribution in [0.1, 0.15) is 152 Å². The van der Waals surface area contributed by atoms with Gasteiger partial charge in [-0.15, -0.1) is 11.8 Å². The molecule has 1 fully saturated rings. The van der Waals surface area contributed by atoms with Crippen LogP contribution in [0.5, 0.6) is 0 Å². The fraction of sp³-hybridized carbons (Fsp3) is 0.506. The fourth-order valence-electron chi connectivity index (χ4n) is 12.8. The molecule has 0 saturated carbocycles. The lowest BCUT2D eigenvalue weighted by atomic mass is 9.77. The van der Waals surface area contributed by atoms with Crippen LogP contribution >= 0.6 is 11.8 Å². The van der Waals surface area contributed by atoms with Crippen LogP contribution in [0.3, 0.4) is 0 Å². The largest absolute Gasteiger partial charge is 0.370 e. The number of Topliss-reactive ketones (excluding diaryl/α,β-unsaturated/α-hetero) is 1. The molecule has 0 bridgehead atoms. The Morgan fingerprint density at radius 2 is 1.31 bits per heavy atom. The second kappa shape index (κ2) is 46.2. The van der Waals surface area contributed by atoms with Crippen molar-refractivity contribution in [1.82, 2.24) is 36.8 Å². The normalized spacial score (nSPS) is 16.1. The van der Waals surface area contributed by atoms with Gasteiger partial charge in [-0.25, -0.2) is 4.21 Å². The average Bonchev–Trinajstić information content (AvgIpc) is 1.59. The zero-order chi connectivity index (χ0) is 85.3. The number of unbranched alkanes of at least 4 members (excludes halogenated alkanes) is 2. The molecule has 630 valence electrons. The summed E-state index contributed by atoms with van der Waals surface area (Å²) in [6, 6.07) is 10.8. The monoisotopic (exact) mass is 1660 g/mol. The molecule has 0 aliphatic carbocycles. The lowest BCUT2D eigenvalue weighted by Crippen LogP contribution is -2.57. The summed E-state index contributed by atoms with van der Waals surface area (Å²) in [5.41, 5.74) is 43.3. The van der Waals surface area contributed by atoms with Crippen LogP contribution in [0.25, 0.3) is 0 Å². The van der Waals surface area contributed by atoms with E-state index >= 15 is 0 Å². The van der Waals surface area contributed by atoms with Crippen molar-refractivity contribution in [2.45, 2.75) is 182 Å². The number of benzene rings is 3. The Labute approximate surface area is 678 Å². The first kappa shape index (κ1) is 95.2. The van der Waals surface area contributed by atoms with Gasteiger partial charge >= 0.3 is 0 Å². The van der Waals surface area contributed by atoms with E-state index in [4.69, 9.17) is 49.9 Å². The van der Waals surface area contributed by atoms with Crippen LogP contribution < -0.4 is 76.9 Å². The van der Waals surface area contributed by atoms with Gasteiger partial charge < -0.3 is 86.2 Å². The smallest absolute Gasteiger partial charge is 0.294 e. The summed E-state index contributed by atoms with van der Waals surface area (Å²) in [6.07, 6.45) is 11.8. The quantitative estimate of drug-likeness (QED) is 0.00559. The summed E-state index contributed by atoms with van der Waals surface area (Å²) in [6.45, 7) is 14.7. The average molecular weight is 1660 g/mol. The molecule has 5 rings (SSSR count). The minimum absolute atomic E-state index is 0.00614. The van der Waals surface area contributed by atoms with Gasteiger partial charge in [-0.05, 0) is 137 Å². The maximum atomic E-state index is 14.6. The van der Waals surface area contributed by atoms with E-state index in [0.717, 1.165) is 44.9 Å². The number of carbonyl (C=O) groups excluding carboxylic acids is 10. The van der Waals surface area contributed by atoms with Crippen molar-refractivity contribution in [2.75, 3.05) is 76.2 Å². The number of nitrogens with one attached hydrogen (secondary N) is 6. The maximum Gasteiger partial charge on any atom is 0.294 e. The molecule has 2 aliphatic heterocycles. The number of thioether (sulfide) groups is 1. The predicted octanol–water partition coefficient (Wildman–Crippen LogP) is 1.69. The highest BCUT2D eigenvalue weighted by Crippen LogP contribution is 2.49. The highest BCUT2D eigenvalue weighted by atomic mass is 32.2. The van der Waals surface area contributed by atoms with E-state index in [1.807, 2.05) is 78.0 Å². The topological polar surface area (TPSA) is 582 Å². The highest BCUT2D eigenvalue weighted by molar-refractivity contribution is 8.00. The second-order valence-electron chi connectivity index (χ2n) is 28.8. The van der Waals surface area contributed by atoms with Gasteiger partial charge in [0.1, 0.15) is 30.8 Å². The van der Waals surface area contributed by atoms with Crippen molar-refractivity contribution in [2.24, 2.45) is 66.0 Å². The number of anilines is 1. The van der Waals surface area contributed by atoms with Crippen molar-refractivity contribution in [3.8, 4) is 0 Å². The van der Waals surface area contributed by atoms with E-state index in [0.29, 0.717) is 61.9 Å². The second-order valence-corrected chi connectivity index (χ2v) is 32.4. The molecule has 22 N–H and O–H groups in total. The molecule has 0 aromatic heterocycles. The van der Waals surface area contributed by atoms with Gasteiger partial charge in [0, 0.05) is 117 Å². The number of nitrogens with two attached hydrogens (primary N) is 7. The van der Waals surface area contributed by atoms with Crippen LogP contribution in [-0.4, -0.2) is 210 Å². The molecule has 1 saturated heterocycles. The summed E-state index contributed by atoms with van der Waals surface area (Å²) in [4.78, 5) is 155. The molecule has 2 aliphatic rings. The van der Waals surface area contributed by atoms with Gasteiger partial charge in [-0.1, -0.05) is 89.6 Å². The van der Waals surface area contributed by atoms with Crippen LogP contribution in [0.4, 0.5) is 5.69 Å². The third-order valence-corrected chi connectivity index (χ3v) is 21.9. The van der Waals surface area contributed by atoms with E-state index < -0.39 is 121 Å². The number of fused-ring (bicyclic) bond motifs is 1. The van der Waals surface area contributed by atoms with Gasteiger partial charge in [0.2, 0.25) is 53.2 Å². The highest BCUT2D eigenvalue weighted by Gasteiger charge is 2.42. The van der Waals surface area contributed by atoms with E-state index in [9.17, 15) is 69.7 Å². The minimum atomic E-state index is -4.54. The molecule has 2 heterocycles. The molecule has 3 aromatic carbocycles. The van der Waals surface area contributed by atoms with Gasteiger partial charge in [-0.3, -0.25) is 77.4 Å². The Hall–Kier alpha value is -10.4. The van der Waals surface area contributed by atoms with Crippen molar-refractivity contribution >= 4 is 121 Å². The third kappa shape index (κ3) is 30.7. The van der Waals surface area contributed by atoms with E-state index in [-0.39, 0.29) is 136 Å². The fourth-order valence-corrected chi connectivity index (χ4v) is 14.9. The number of nitrogens with zero attached hydrogens (tertiary/aromatic N) is 6. The summed E-state index contributed by atoms with van der Waals surface area (Å²) < 4.78 is 62.2. The number of amides is 9. The number of primary amides is 1. The van der Waals surface area contributed by atoms with Gasteiger partial charge in [0.05, 0.1) is 21.6 Å². The van der Waals surface area contributed by atoms with Gasteiger partial charge in [0.25, 0.3) is 10.1 Å². The minimum Gasteiger partial charge on any atom is -0.370 e. The molecule has 7 atom stereocenters. The van der Waals surface area contributed by atoms with Crippen molar-refractivity contribution in [3.05, 3.63) is 125 Å². The van der Waals surface area contributed by atoms with Crippen LogP contribution in [-0.2, 0) is 86.3 Å². The van der Waals surface area contributed by atoms with E-state index in [1.54, 1.807) is 49.4 Å². The number of aryl methyl sites for hydroxylation is 1. The lowest BCUT2D eigenvalue weighted by Gasteiger charge is -2.28. The van der Waals surface area contributed by atoms with Gasteiger partial charge in [0.15, 0.2) is 34.7 Å². The molecule has 115 heavy (non-hydrogen) atoms. The number of hydrogen-bond acceptors (Lipinski definition) is 20. The van der Waals surface area contributed by atoms with Crippen molar-refractivity contribution in [1.29, 1.82) is 0 Å². The first-order valence-corrected chi connectivity index (χ1v) is 41.4. The zero-order valence-corrected chi connectivity index (χ0v) is 68.9. The van der Waals surface area contributed by atoms with Gasteiger partial charge in [-0.2, -0.15) is 8.42 Å². The van der Waals surface area contributed by atoms with Crippen molar-refractivity contribution < 1.29 is 74.4 Å². The maximum absolute atomic E-state index is 14.6. The number of rotatable bonds is 49. The molecule has 38 heteroatoms. The zero-order valence-electron chi connectivity index (χ0n) is 66.4. The Balaban J connectivity index is 1.26. The number of ether oxygens (including phenoxy) is 1. The van der Waals surface area contributed by atoms with E-state index in [1.165, 1.54) is 19.1 Å².